The standard InChI is InChI=1S/C12H22N2/c1-13-10-2-3-11(8-10)14-7-6-12(9-14)4-5-12/h10-11,13H,2-9H2,1H3. The highest BCUT2D eigenvalue weighted by atomic mass is 15.2. The van der Waals surface area contributed by atoms with E-state index in [-0.39, 0.29) is 0 Å². The molecule has 80 valence electrons. The van der Waals surface area contributed by atoms with Crippen molar-refractivity contribution in [2.24, 2.45) is 5.41 Å². The summed E-state index contributed by atoms with van der Waals surface area (Å²) in [5, 5.41) is 3.43. The molecule has 0 radical (unpaired) electrons. The van der Waals surface area contributed by atoms with Gasteiger partial charge in [0.15, 0.2) is 0 Å². The number of hydrogen-bond acceptors (Lipinski definition) is 2. The molecule has 0 aromatic carbocycles. The molecule has 2 saturated carbocycles. The molecule has 1 N–H and O–H groups in total. The van der Waals surface area contributed by atoms with Crippen molar-refractivity contribution in [2.45, 2.75) is 50.6 Å². The molecular formula is C12H22N2. The molecule has 3 aliphatic rings. The topological polar surface area (TPSA) is 15.3 Å². The van der Waals surface area contributed by atoms with Crippen LogP contribution in [0.15, 0.2) is 0 Å². The number of rotatable bonds is 2. The molecule has 0 aromatic heterocycles. The molecule has 2 aliphatic carbocycles. The molecule has 0 amide bonds. The first kappa shape index (κ1) is 9.17. The summed E-state index contributed by atoms with van der Waals surface area (Å²) in [4.78, 5) is 2.78. The Labute approximate surface area is 87.0 Å². The molecule has 3 fully saturated rings. The van der Waals surface area contributed by atoms with Gasteiger partial charge >= 0.3 is 0 Å². The maximum absolute atomic E-state index is 3.43. The van der Waals surface area contributed by atoms with Crippen molar-refractivity contribution in [3.63, 3.8) is 0 Å². The van der Waals surface area contributed by atoms with Crippen LogP contribution in [-0.4, -0.2) is 37.1 Å². The van der Waals surface area contributed by atoms with E-state index in [1.807, 2.05) is 0 Å². The van der Waals surface area contributed by atoms with Crippen molar-refractivity contribution in [1.82, 2.24) is 10.2 Å². The molecule has 2 unspecified atom stereocenters. The Morgan fingerprint density at radius 3 is 2.64 bits per heavy atom. The molecule has 2 heteroatoms. The summed E-state index contributed by atoms with van der Waals surface area (Å²) in [5.41, 5.74) is 0.817. The number of nitrogens with zero attached hydrogens (tertiary/aromatic N) is 1. The van der Waals surface area contributed by atoms with E-state index in [0.717, 1.165) is 17.5 Å². The number of likely N-dealkylation sites (tertiary alicyclic amines) is 1. The first-order chi connectivity index (χ1) is 6.81. The molecule has 1 spiro atoms. The van der Waals surface area contributed by atoms with Gasteiger partial charge in [-0.25, -0.2) is 0 Å². The van der Waals surface area contributed by atoms with Gasteiger partial charge in [0.05, 0.1) is 0 Å². The average molecular weight is 194 g/mol. The van der Waals surface area contributed by atoms with Crippen molar-refractivity contribution in [2.75, 3.05) is 20.1 Å². The fourth-order valence-corrected chi connectivity index (χ4v) is 3.42. The first-order valence-corrected chi connectivity index (χ1v) is 6.23. The van der Waals surface area contributed by atoms with E-state index in [9.17, 15) is 0 Å². The molecule has 1 aliphatic heterocycles. The van der Waals surface area contributed by atoms with E-state index in [1.165, 1.54) is 51.6 Å². The molecule has 1 saturated heterocycles. The van der Waals surface area contributed by atoms with E-state index in [2.05, 4.69) is 17.3 Å². The molecule has 14 heavy (non-hydrogen) atoms. The maximum Gasteiger partial charge on any atom is 0.0111 e. The van der Waals surface area contributed by atoms with E-state index < -0.39 is 0 Å². The molecule has 2 nitrogen and oxygen atoms in total. The minimum absolute atomic E-state index is 0.802. The summed E-state index contributed by atoms with van der Waals surface area (Å²) >= 11 is 0. The third-order valence-electron chi connectivity index (χ3n) is 4.75. The quantitative estimate of drug-likeness (QED) is 0.718. The lowest BCUT2D eigenvalue weighted by Gasteiger charge is -2.24. The van der Waals surface area contributed by atoms with Crippen molar-refractivity contribution in [1.29, 1.82) is 0 Å². The van der Waals surface area contributed by atoms with Gasteiger partial charge in [-0.2, -0.15) is 0 Å². The Hall–Kier alpha value is -0.0800. The average Bonchev–Trinajstić information content (AvgIpc) is 2.67. The minimum atomic E-state index is 0.802. The van der Waals surface area contributed by atoms with Crippen LogP contribution in [0.3, 0.4) is 0 Å². The van der Waals surface area contributed by atoms with E-state index in [1.54, 1.807) is 0 Å². The number of nitrogens with one attached hydrogen (secondary N) is 1. The molecule has 1 heterocycles. The fourth-order valence-electron chi connectivity index (χ4n) is 3.42. The van der Waals surface area contributed by atoms with E-state index >= 15 is 0 Å². The van der Waals surface area contributed by atoms with Crippen LogP contribution >= 0.6 is 0 Å². The third kappa shape index (κ3) is 1.49. The predicted octanol–water partition coefficient (Wildman–Crippen LogP) is 1.61. The normalized spacial score (nSPS) is 40.9. The molecule has 0 aromatic rings. The zero-order valence-electron chi connectivity index (χ0n) is 9.26. The van der Waals surface area contributed by atoms with Gasteiger partial charge in [0.2, 0.25) is 0 Å². The monoisotopic (exact) mass is 194 g/mol. The zero-order valence-corrected chi connectivity index (χ0v) is 9.26. The highest BCUT2D eigenvalue weighted by Gasteiger charge is 2.49. The Bertz CT molecular complexity index is 222. The molecule has 3 rings (SSSR count). The van der Waals surface area contributed by atoms with Crippen LogP contribution < -0.4 is 5.32 Å². The van der Waals surface area contributed by atoms with Crippen LogP contribution in [0.2, 0.25) is 0 Å². The van der Waals surface area contributed by atoms with E-state index in [4.69, 9.17) is 0 Å². The summed E-state index contributed by atoms with van der Waals surface area (Å²) in [6.45, 7) is 2.81. The van der Waals surface area contributed by atoms with Gasteiger partial charge in [-0.15, -0.1) is 0 Å². The van der Waals surface area contributed by atoms with E-state index in [0.29, 0.717) is 0 Å². The Morgan fingerprint density at radius 1 is 1.21 bits per heavy atom. The smallest absolute Gasteiger partial charge is 0.0111 e. The SMILES string of the molecule is CNC1CCC(N2CCC3(CC3)C2)C1. The molecular weight excluding hydrogens is 172 g/mol. The second-order valence-corrected chi connectivity index (χ2v) is 5.67. The summed E-state index contributed by atoms with van der Waals surface area (Å²) in [5.74, 6) is 0. The second kappa shape index (κ2) is 3.21. The van der Waals surface area contributed by atoms with Crippen molar-refractivity contribution in [3.05, 3.63) is 0 Å². The van der Waals surface area contributed by atoms with Crippen LogP contribution in [0.1, 0.15) is 38.5 Å². The third-order valence-corrected chi connectivity index (χ3v) is 4.75. The van der Waals surface area contributed by atoms with Gasteiger partial charge < -0.3 is 5.32 Å². The van der Waals surface area contributed by atoms with Gasteiger partial charge in [0.1, 0.15) is 0 Å². The van der Waals surface area contributed by atoms with Gasteiger partial charge in [0.25, 0.3) is 0 Å². The first-order valence-electron chi connectivity index (χ1n) is 6.23. The fraction of sp³-hybridized carbons (Fsp3) is 1.00. The summed E-state index contributed by atoms with van der Waals surface area (Å²) < 4.78 is 0. The predicted molar refractivity (Wildman–Crippen MR) is 58.3 cm³/mol. The van der Waals surface area contributed by atoms with Crippen LogP contribution in [0.4, 0.5) is 0 Å². The number of hydrogen-bond donors (Lipinski definition) is 1. The van der Waals surface area contributed by atoms with Crippen LogP contribution in [0, 0.1) is 5.41 Å². The minimum Gasteiger partial charge on any atom is -0.317 e. The van der Waals surface area contributed by atoms with Crippen LogP contribution in [0.25, 0.3) is 0 Å². The summed E-state index contributed by atoms with van der Waals surface area (Å²) in [6.07, 6.45) is 8.75. The lowest BCUT2D eigenvalue weighted by Crippen LogP contribution is -2.33. The molecule has 2 atom stereocenters. The van der Waals surface area contributed by atoms with Crippen LogP contribution in [0.5, 0.6) is 0 Å². The highest BCUT2D eigenvalue weighted by molar-refractivity contribution is 5.02. The van der Waals surface area contributed by atoms with Gasteiger partial charge in [-0.3, -0.25) is 4.90 Å². The Balaban J connectivity index is 1.57. The summed E-state index contributed by atoms with van der Waals surface area (Å²) in [7, 11) is 2.11. The van der Waals surface area contributed by atoms with Crippen molar-refractivity contribution in [3.8, 4) is 0 Å². The molecule has 0 bridgehead atoms. The lowest BCUT2D eigenvalue weighted by molar-refractivity contribution is 0.231. The van der Waals surface area contributed by atoms with Gasteiger partial charge in [0, 0.05) is 18.6 Å². The van der Waals surface area contributed by atoms with Crippen molar-refractivity contribution < 1.29 is 0 Å². The summed E-state index contributed by atoms with van der Waals surface area (Å²) in [6, 6.07) is 1.71. The zero-order chi connectivity index (χ0) is 9.60. The largest absolute Gasteiger partial charge is 0.317 e. The van der Waals surface area contributed by atoms with Gasteiger partial charge in [-0.1, -0.05) is 0 Å². The van der Waals surface area contributed by atoms with Gasteiger partial charge in [-0.05, 0) is 57.5 Å². The lowest BCUT2D eigenvalue weighted by atomic mass is 10.1. The second-order valence-electron chi connectivity index (χ2n) is 5.67. The highest BCUT2D eigenvalue weighted by Crippen LogP contribution is 2.53. The Kier molecular flexibility index (Phi) is 2.10. The van der Waals surface area contributed by atoms with Crippen molar-refractivity contribution >= 4 is 0 Å². The van der Waals surface area contributed by atoms with Crippen LogP contribution in [-0.2, 0) is 0 Å². The Morgan fingerprint density at radius 2 is 2.07 bits per heavy atom. The maximum atomic E-state index is 3.43.